The van der Waals surface area contributed by atoms with E-state index < -0.39 is 4.92 Å². The number of thioether (sulfide) groups is 1. The van der Waals surface area contributed by atoms with Crippen LogP contribution in [0.5, 0.6) is 0 Å². The highest BCUT2D eigenvalue weighted by Crippen LogP contribution is 2.31. The highest BCUT2D eigenvalue weighted by atomic mass is 32.2. The Morgan fingerprint density at radius 1 is 1.42 bits per heavy atom. The molecule has 1 fully saturated rings. The van der Waals surface area contributed by atoms with Crippen molar-refractivity contribution in [3.63, 3.8) is 0 Å². The molecular formula is C12H20N4O2S. The molecule has 0 bridgehead atoms. The van der Waals surface area contributed by atoms with Crippen molar-refractivity contribution < 1.29 is 4.92 Å². The fraction of sp³-hybridized carbons (Fsp3) is 0.750. The van der Waals surface area contributed by atoms with E-state index in [-0.39, 0.29) is 5.82 Å². The Bertz CT molecular complexity index is 467. The van der Waals surface area contributed by atoms with E-state index >= 15 is 0 Å². The molecule has 1 saturated carbocycles. The van der Waals surface area contributed by atoms with E-state index in [2.05, 4.69) is 16.6 Å². The molecule has 0 unspecified atom stereocenters. The molecular weight excluding hydrogens is 264 g/mol. The molecule has 19 heavy (non-hydrogen) atoms. The Morgan fingerprint density at radius 2 is 2.05 bits per heavy atom. The smallest absolute Gasteiger partial charge is 0.362 e. The van der Waals surface area contributed by atoms with Crippen LogP contribution < -0.4 is 5.32 Å². The second-order valence-electron chi connectivity index (χ2n) is 5.00. The Balaban J connectivity index is 2.09. The van der Waals surface area contributed by atoms with Crippen LogP contribution in [0.2, 0.25) is 0 Å². The van der Waals surface area contributed by atoms with Crippen molar-refractivity contribution in [2.45, 2.75) is 43.9 Å². The summed E-state index contributed by atoms with van der Waals surface area (Å²) in [6.07, 6.45) is 6.61. The van der Waals surface area contributed by atoms with Gasteiger partial charge in [-0.3, -0.25) is 4.57 Å². The van der Waals surface area contributed by atoms with Crippen molar-refractivity contribution in [2.24, 2.45) is 7.05 Å². The predicted octanol–water partition coefficient (Wildman–Crippen LogP) is 2.72. The Kier molecular flexibility index (Phi) is 4.34. The lowest BCUT2D eigenvalue weighted by atomic mass is 9.95. The summed E-state index contributed by atoms with van der Waals surface area (Å²) in [7, 11) is 1.81. The summed E-state index contributed by atoms with van der Waals surface area (Å²) in [6.45, 7) is 1.78. The summed E-state index contributed by atoms with van der Waals surface area (Å²) in [4.78, 5) is 14.6. The van der Waals surface area contributed by atoms with Crippen molar-refractivity contribution in [3.8, 4) is 0 Å². The molecule has 2 rings (SSSR count). The van der Waals surface area contributed by atoms with E-state index in [0.717, 1.165) is 18.1 Å². The van der Waals surface area contributed by atoms with Gasteiger partial charge in [0.05, 0.1) is 0 Å². The SMILES string of the molecule is CSC1CCC(Nc2c([N+](=O)[O-])nc(C)n2C)CC1. The maximum Gasteiger partial charge on any atom is 0.406 e. The molecule has 1 N–H and O–H groups in total. The number of hydrogen-bond acceptors (Lipinski definition) is 5. The van der Waals surface area contributed by atoms with Gasteiger partial charge in [-0.25, -0.2) is 0 Å². The van der Waals surface area contributed by atoms with Gasteiger partial charge in [-0.15, -0.1) is 0 Å². The molecule has 0 amide bonds. The quantitative estimate of drug-likeness (QED) is 0.680. The Labute approximate surface area is 117 Å². The van der Waals surface area contributed by atoms with Gasteiger partial charge in [-0.2, -0.15) is 11.8 Å². The number of nitro groups is 1. The second-order valence-corrected chi connectivity index (χ2v) is 6.14. The molecule has 1 aliphatic carbocycles. The van der Waals surface area contributed by atoms with Crippen LogP contribution in [-0.2, 0) is 7.05 Å². The van der Waals surface area contributed by atoms with E-state index in [4.69, 9.17) is 0 Å². The third-order valence-corrected chi connectivity index (χ3v) is 4.96. The van der Waals surface area contributed by atoms with Gasteiger partial charge in [0.15, 0.2) is 0 Å². The van der Waals surface area contributed by atoms with Crippen LogP contribution >= 0.6 is 11.8 Å². The van der Waals surface area contributed by atoms with Crippen LogP contribution in [0.1, 0.15) is 31.5 Å². The average Bonchev–Trinajstić information content (AvgIpc) is 2.68. The van der Waals surface area contributed by atoms with E-state index in [9.17, 15) is 10.1 Å². The largest absolute Gasteiger partial charge is 0.406 e. The Hall–Kier alpha value is -1.24. The van der Waals surface area contributed by atoms with E-state index in [0.29, 0.717) is 17.7 Å². The van der Waals surface area contributed by atoms with Gasteiger partial charge in [-0.1, -0.05) is 0 Å². The van der Waals surface area contributed by atoms with Crippen LogP contribution in [0.3, 0.4) is 0 Å². The topological polar surface area (TPSA) is 73.0 Å². The molecule has 0 saturated heterocycles. The monoisotopic (exact) mass is 284 g/mol. The zero-order chi connectivity index (χ0) is 14.0. The van der Waals surface area contributed by atoms with Crippen molar-refractivity contribution >= 4 is 23.4 Å². The van der Waals surface area contributed by atoms with Gasteiger partial charge in [0, 0.05) is 25.3 Å². The average molecular weight is 284 g/mol. The first-order valence-electron chi connectivity index (χ1n) is 6.50. The lowest BCUT2D eigenvalue weighted by Gasteiger charge is -2.28. The molecule has 7 heteroatoms. The first kappa shape index (κ1) is 14.2. The van der Waals surface area contributed by atoms with Gasteiger partial charge < -0.3 is 15.4 Å². The number of anilines is 1. The van der Waals surface area contributed by atoms with Crippen molar-refractivity contribution in [1.82, 2.24) is 9.55 Å². The van der Waals surface area contributed by atoms with E-state index in [1.54, 1.807) is 11.5 Å². The summed E-state index contributed by atoms with van der Waals surface area (Å²) in [5.41, 5.74) is 0. The van der Waals surface area contributed by atoms with Crippen molar-refractivity contribution in [2.75, 3.05) is 11.6 Å². The van der Waals surface area contributed by atoms with Crippen LogP contribution in [0.4, 0.5) is 11.6 Å². The van der Waals surface area contributed by atoms with Crippen LogP contribution in [-0.4, -0.2) is 32.0 Å². The summed E-state index contributed by atoms with van der Waals surface area (Å²) in [6, 6.07) is 0.317. The number of aromatic nitrogens is 2. The number of nitrogens with zero attached hydrogens (tertiary/aromatic N) is 3. The molecule has 6 nitrogen and oxygen atoms in total. The van der Waals surface area contributed by atoms with Crippen molar-refractivity contribution in [1.29, 1.82) is 0 Å². The highest BCUT2D eigenvalue weighted by Gasteiger charge is 2.27. The molecule has 1 heterocycles. The highest BCUT2D eigenvalue weighted by molar-refractivity contribution is 7.99. The van der Waals surface area contributed by atoms with E-state index in [1.807, 2.05) is 18.8 Å². The number of nitrogens with one attached hydrogen (secondary N) is 1. The summed E-state index contributed by atoms with van der Waals surface area (Å²) >= 11 is 1.92. The van der Waals surface area contributed by atoms with Crippen molar-refractivity contribution in [3.05, 3.63) is 15.9 Å². The Morgan fingerprint density at radius 3 is 2.58 bits per heavy atom. The van der Waals surface area contributed by atoms with E-state index in [1.165, 1.54) is 12.8 Å². The fourth-order valence-electron chi connectivity index (χ4n) is 2.52. The second kappa shape index (κ2) is 5.81. The van der Waals surface area contributed by atoms with Gasteiger partial charge in [0.25, 0.3) is 0 Å². The fourth-order valence-corrected chi connectivity index (χ4v) is 3.26. The lowest BCUT2D eigenvalue weighted by molar-refractivity contribution is -0.388. The van der Waals surface area contributed by atoms with Gasteiger partial charge in [0.1, 0.15) is 0 Å². The molecule has 106 valence electrons. The molecule has 1 aromatic rings. The minimum atomic E-state index is -0.414. The normalized spacial score (nSPS) is 23.3. The minimum Gasteiger partial charge on any atom is -0.362 e. The number of hydrogen-bond donors (Lipinski definition) is 1. The zero-order valence-corrected chi connectivity index (χ0v) is 12.4. The molecule has 0 aromatic carbocycles. The first-order valence-corrected chi connectivity index (χ1v) is 7.78. The van der Waals surface area contributed by atoms with Crippen LogP contribution in [0.15, 0.2) is 0 Å². The predicted molar refractivity (Wildman–Crippen MR) is 77.8 cm³/mol. The molecule has 0 aliphatic heterocycles. The minimum absolute atomic E-state index is 0.0630. The van der Waals surface area contributed by atoms with Crippen LogP contribution in [0.25, 0.3) is 0 Å². The van der Waals surface area contributed by atoms with Gasteiger partial charge in [0.2, 0.25) is 11.6 Å². The number of rotatable bonds is 4. The van der Waals surface area contributed by atoms with Crippen LogP contribution in [0, 0.1) is 17.0 Å². The third-order valence-electron chi connectivity index (χ3n) is 3.82. The maximum atomic E-state index is 11.0. The zero-order valence-electron chi connectivity index (χ0n) is 11.5. The molecule has 1 aromatic heterocycles. The summed E-state index contributed by atoms with van der Waals surface area (Å²) < 4.78 is 1.76. The molecule has 0 atom stereocenters. The standard InChI is InChI=1S/C12H20N4O2S/c1-8-13-12(16(17)18)11(15(8)2)14-9-4-6-10(19-3)7-5-9/h9-10,14H,4-7H2,1-3H3. The summed E-state index contributed by atoms with van der Waals surface area (Å²) in [5.74, 6) is 1.13. The summed E-state index contributed by atoms with van der Waals surface area (Å²) in [5, 5.41) is 15.1. The maximum absolute atomic E-state index is 11.0. The molecule has 0 spiro atoms. The molecule has 0 radical (unpaired) electrons. The number of aryl methyl sites for hydroxylation is 1. The third kappa shape index (κ3) is 3.02. The lowest BCUT2D eigenvalue weighted by Crippen LogP contribution is -2.28. The van der Waals surface area contributed by atoms with Gasteiger partial charge >= 0.3 is 5.82 Å². The number of imidazole rings is 1. The first-order chi connectivity index (χ1) is 9.02. The van der Waals surface area contributed by atoms with Gasteiger partial charge in [-0.05, 0) is 41.8 Å². The molecule has 1 aliphatic rings.